The number of hydrogen-bond donors (Lipinski definition) is 1. The average molecular weight is 216 g/mol. The van der Waals surface area contributed by atoms with Gasteiger partial charge in [-0.1, -0.05) is 19.1 Å². The molecule has 0 unspecified atom stereocenters. The molecule has 0 atom stereocenters. The van der Waals surface area contributed by atoms with E-state index in [1.165, 1.54) is 0 Å². The molecule has 0 saturated carbocycles. The van der Waals surface area contributed by atoms with Crippen LogP contribution in [-0.2, 0) is 6.54 Å². The third-order valence-corrected chi connectivity index (χ3v) is 2.52. The van der Waals surface area contributed by atoms with Crippen molar-refractivity contribution in [2.24, 2.45) is 0 Å². The van der Waals surface area contributed by atoms with Crippen molar-refractivity contribution < 1.29 is 0 Å². The zero-order valence-corrected chi connectivity index (χ0v) is 9.64. The van der Waals surface area contributed by atoms with Crippen LogP contribution in [0.25, 0.3) is 11.4 Å². The lowest BCUT2D eigenvalue weighted by molar-refractivity contribution is 0.683. The molecular weight excluding hydrogens is 200 g/mol. The van der Waals surface area contributed by atoms with Crippen molar-refractivity contribution in [3.63, 3.8) is 0 Å². The maximum absolute atomic E-state index is 4.19. The predicted molar refractivity (Wildman–Crippen MR) is 65.3 cm³/mol. The van der Waals surface area contributed by atoms with Gasteiger partial charge in [0.1, 0.15) is 6.33 Å². The minimum Gasteiger partial charge on any atom is -0.388 e. The number of hydrogen-bond acceptors (Lipinski definition) is 3. The maximum atomic E-state index is 4.19. The Morgan fingerprint density at radius 1 is 1.31 bits per heavy atom. The van der Waals surface area contributed by atoms with Crippen molar-refractivity contribution in [1.82, 2.24) is 14.8 Å². The van der Waals surface area contributed by atoms with E-state index >= 15 is 0 Å². The Kier molecular flexibility index (Phi) is 3.19. The number of aromatic nitrogens is 3. The van der Waals surface area contributed by atoms with Crippen LogP contribution in [0.1, 0.15) is 13.3 Å². The summed E-state index contributed by atoms with van der Waals surface area (Å²) in [5, 5.41) is 11.3. The summed E-state index contributed by atoms with van der Waals surface area (Å²) in [4.78, 5) is 0. The molecule has 0 spiro atoms. The lowest BCUT2D eigenvalue weighted by Crippen LogP contribution is -2.00. The second-order valence-electron chi connectivity index (χ2n) is 3.64. The average Bonchev–Trinajstić information content (AvgIpc) is 2.77. The van der Waals surface area contributed by atoms with Gasteiger partial charge in [-0.05, 0) is 18.6 Å². The van der Waals surface area contributed by atoms with Crippen molar-refractivity contribution in [1.29, 1.82) is 0 Å². The van der Waals surface area contributed by atoms with Gasteiger partial charge in [0.2, 0.25) is 0 Å². The fourth-order valence-corrected chi connectivity index (χ4v) is 1.76. The predicted octanol–water partition coefficient (Wildman–Crippen LogP) is 2.40. The number of nitrogens with zero attached hydrogens (tertiary/aromatic N) is 3. The number of aryl methyl sites for hydroxylation is 1. The standard InChI is InChI=1S/C12H16N4/c1-3-8-16-9-14-15-12(16)10-6-4-5-7-11(10)13-2/h4-7,9,13H,3,8H2,1-2H3. The van der Waals surface area contributed by atoms with Gasteiger partial charge < -0.3 is 9.88 Å². The van der Waals surface area contributed by atoms with Crippen LogP contribution in [0.5, 0.6) is 0 Å². The topological polar surface area (TPSA) is 42.7 Å². The van der Waals surface area contributed by atoms with E-state index in [0.29, 0.717) is 0 Å². The van der Waals surface area contributed by atoms with E-state index in [-0.39, 0.29) is 0 Å². The summed E-state index contributed by atoms with van der Waals surface area (Å²) >= 11 is 0. The summed E-state index contributed by atoms with van der Waals surface area (Å²) in [7, 11) is 1.92. The molecule has 2 rings (SSSR count). The Morgan fingerprint density at radius 3 is 2.88 bits per heavy atom. The Labute approximate surface area is 95.3 Å². The zero-order chi connectivity index (χ0) is 11.4. The van der Waals surface area contributed by atoms with Crippen LogP contribution in [0, 0.1) is 0 Å². The van der Waals surface area contributed by atoms with Crippen LogP contribution in [-0.4, -0.2) is 21.8 Å². The Bertz CT molecular complexity index is 462. The van der Waals surface area contributed by atoms with Gasteiger partial charge in [0.15, 0.2) is 5.82 Å². The number of para-hydroxylation sites is 1. The number of rotatable bonds is 4. The van der Waals surface area contributed by atoms with Gasteiger partial charge in [0.05, 0.1) is 0 Å². The number of anilines is 1. The van der Waals surface area contributed by atoms with Gasteiger partial charge in [0.25, 0.3) is 0 Å². The Balaban J connectivity index is 2.45. The van der Waals surface area contributed by atoms with E-state index in [9.17, 15) is 0 Å². The van der Waals surface area contributed by atoms with Crippen LogP contribution in [0.3, 0.4) is 0 Å². The lowest BCUT2D eigenvalue weighted by atomic mass is 10.1. The second-order valence-corrected chi connectivity index (χ2v) is 3.64. The molecule has 0 aliphatic heterocycles. The van der Waals surface area contributed by atoms with Crippen molar-refractivity contribution in [2.75, 3.05) is 12.4 Å². The normalized spacial score (nSPS) is 10.4. The summed E-state index contributed by atoms with van der Waals surface area (Å²) in [6.07, 6.45) is 2.86. The minimum absolute atomic E-state index is 0.923. The molecule has 16 heavy (non-hydrogen) atoms. The van der Waals surface area contributed by atoms with E-state index in [4.69, 9.17) is 0 Å². The largest absolute Gasteiger partial charge is 0.388 e. The molecule has 84 valence electrons. The first-order chi connectivity index (χ1) is 7.86. The van der Waals surface area contributed by atoms with Gasteiger partial charge in [-0.15, -0.1) is 10.2 Å². The van der Waals surface area contributed by atoms with Crippen LogP contribution in [0.15, 0.2) is 30.6 Å². The molecule has 4 heteroatoms. The Morgan fingerprint density at radius 2 is 2.12 bits per heavy atom. The lowest BCUT2D eigenvalue weighted by Gasteiger charge is -2.09. The van der Waals surface area contributed by atoms with Crippen molar-refractivity contribution >= 4 is 5.69 Å². The highest BCUT2D eigenvalue weighted by Crippen LogP contribution is 2.25. The molecule has 1 N–H and O–H groups in total. The fraction of sp³-hybridized carbons (Fsp3) is 0.333. The summed E-state index contributed by atoms with van der Waals surface area (Å²) in [5.41, 5.74) is 2.17. The molecule has 0 amide bonds. The maximum Gasteiger partial charge on any atom is 0.165 e. The van der Waals surface area contributed by atoms with Crippen LogP contribution >= 0.6 is 0 Å². The van der Waals surface area contributed by atoms with Crippen molar-refractivity contribution in [3.8, 4) is 11.4 Å². The molecule has 0 aliphatic rings. The summed E-state index contributed by atoms with van der Waals surface area (Å²) in [6.45, 7) is 3.09. The van der Waals surface area contributed by atoms with Gasteiger partial charge in [-0.2, -0.15) is 0 Å². The highest BCUT2D eigenvalue weighted by molar-refractivity contribution is 5.73. The van der Waals surface area contributed by atoms with Crippen LogP contribution in [0.2, 0.25) is 0 Å². The van der Waals surface area contributed by atoms with E-state index < -0.39 is 0 Å². The smallest absolute Gasteiger partial charge is 0.165 e. The zero-order valence-electron chi connectivity index (χ0n) is 9.64. The highest BCUT2D eigenvalue weighted by atomic mass is 15.3. The van der Waals surface area contributed by atoms with Gasteiger partial charge in [0, 0.05) is 24.8 Å². The van der Waals surface area contributed by atoms with Crippen molar-refractivity contribution in [2.45, 2.75) is 19.9 Å². The first-order valence-electron chi connectivity index (χ1n) is 5.51. The summed E-state index contributed by atoms with van der Waals surface area (Å²) < 4.78 is 2.08. The van der Waals surface area contributed by atoms with Crippen molar-refractivity contribution in [3.05, 3.63) is 30.6 Å². The summed E-state index contributed by atoms with van der Waals surface area (Å²) in [5.74, 6) is 0.923. The monoisotopic (exact) mass is 216 g/mol. The van der Waals surface area contributed by atoms with E-state index in [1.54, 1.807) is 6.33 Å². The number of nitrogens with one attached hydrogen (secondary N) is 1. The SMILES string of the molecule is CCCn1cnnc1-c1ccccc1NC. The first-order valence-corrected chi connectivity index (χ1v) is 5.51. The van der Waals surface area contributed by atoms with E-state index in [1.807, 2.05) is 25.2 Å². The molecule has 0 aliphatic carbocycles. The van der Waals surface area contributed by atoms with E-state index in [0.717, 1.165) is 30.0 Å². The fourth-order valence-electron chi connectivity index (χ4n) is 1.76. The molecule has 0 fully saturated rings. The summed E-state index contributed by atoms with van der Waals surface area (Å²) in [6, 6.07) is 8.12. The molecule has 1 aromatic heterocycles. The third kappa shape index (κ3) is 1.91. The molecule has 0 bridgehead atoms. The van der Waals surface area contributed by atoms with Gasteiger partial charge in [-0.25, -0.2) is 0 Å². The van der Waals surface area contributed by atoms with E-state index in [2.05, 4.69) is 33.1 Å². The quantitative estimate of drug-likeness (QED) is 0.853. The second kappa shape index (κ2) is 4.79. The van der Waals surface area contributed by atoms with Gasteiger partial charge >= 0.3 is 0 Å². The van der Waals surface area contributed by atoms with Gasteiger partial charge in [-0.3, -0.25) is 0 Å². The highest BCUT2D eigenvalue weighted by Gasteiger charge is 2.09. The molecule has 4 nitrogen and oxygen atoms in total. The molecule has 1 heterocycles. The first kappa shape index (κ1) is 10.7. The third-order valence-electron chi connectivity index (χ3n) is 2.52. The minimum atomic E-state index is 0.923. The molecule has 0 saturated heterocycles. The number of benzene rings is 1. The molecule has 1 aromatic carbocycles. The molecular formula is C12H16N4. The molecule has 0 radical (unpaired) electrons. The Hall–Kier alpha value is -1.84. The van der Waals surface area contributed by atoms with Crippen LogP contribution < -0.4 is 5.32 Å². The van der Waals surface area contributed by atoms with Crippen LogP contribution in [0.4, 0.5) is 5.69 Å². The molecule has 2 aromatic rings.